The fourth-order valence-corrected chi connectivity index (χ4v) is 1.91. The monoisotopic (exact) mass is 239 g/mol. The summed E-state index contributed by atoms with van der Waals surface area (Å²) in [4.78, 5) is 22.8. The van der Waals surface area contributed by atoms with Crippen molar-refractivity contribution in [2.24, 2.45) is 0 Å². The van der Waals surface area contributed by atoms with Crippen LogP contribution < -0.4 is 10.3 Å². The first-order chi connectivity index (χ1) is 7.61. The summed E-state index contributed by atoms with van der Waals surface area (Å²) in [6, 6.07) is 0. The maximum atomic E-state index is 11.5. The number of thiazole rings is 1. The number of aromatic amines is 1. The molecular weight excluding hydrogens is 230 g/mol. The highest BCUT2D eigenvalue weighted by atomic mass is 32.1. The molecule has 0 atom stereocenters. The lowest BCUT2D eigenvalue weighted by atomic mass is 10.5. The Balaban J connectivity index is 2.56. The fraction of sp³-hybridized carbons (Fsp3) is 0.222. The summed E-state index contributed by atoms with van der Waals surface area (Å²) in [7, 11) is 1.29. The molecule has 2 rings (SSSR count). The Kier molecular flexibility index (Phi) is 2.61. The van der Waals surface area contributed by atoms with Crippen LogP contribution in [-0.2, 0) is 0 Å². The first-order valence-corrected chi connectivity index (χ1v) is 5.23. The van der Waals surface area contributed by atoms with Crippen LogP contribution in [0.5, 0.6) is 11.6 Å². The number of hydrogen-bond donors (Lipinski definition) is 2. The van der Waals surface area contributed by atoms with E-state index in [0.29, 0.717) is 5.01 Å². The number of methoxy groups -OCH3 is 1. The van der Waals surface area contributed by atoms with Gasteiger partial charge in [-0.1, -0.05) is 0 Å². The van der Waals surface area contributed by atoms with E-state index in [4.69, 9.17) is 4.74 Å². The normalized spacial score (nSPS) is 10.4. The van der Waals surface area contributed by atoms with Crippen LogP contribution in [0, 0.1) is 6.92 Å². The Labute approximate surface area is 94.6 Å². The Morgan fingerprint density at radius 3 is 2.81 bits per heavy atom. The molecule has 0 aromatic carbocycles. The number of ether oxygens (including phenoxy) is 1. The fourth-order valence-electron chi connectivity index (χ4n) is 1.20. The molecule has 0 unspecified atom stereocenters. The molecule has 2 aromatic heterocycles. The van der Waals surface area contributed by atoms with Crippen LogP contribution in [0.25, 0.3) is 10.8 Å². The van der Waals surface area contributed by atoms with E-state index in [2.05, 4.69) is 15.0 Å². The van der Waals surface area contributed by atoms with E-state index in [1.165, 1.54) is 18.4 Å². The summed E-state index contributed by atoms with van der Waals surface area (Å²) >= 11 is 1.38. The third kappa shape index (κ3) is 1.76. The lowest BCUT2D eigenvalue weighted by molar-refractivity contribution is 0.357. The van der Waals surface area contributed by atoms with Crippen LogP contribution in [0.15, 0.2) is 11.0 Å². The number of aryl methyl sites for hydroxylation is 1. The van der Waals surface area contributed by atoms with Gasteiger partial charge >= 0.3 is 0 Å². The maximum Gasteiger partial charge on any atom is 0.297 e. The molecule has 2 aromatic rings. The predicted octanol–water partition coefficient (Wildman–Crippen LogP) is 0.916. The van der Waals surface area contributed by atoms with E-state index in [1.54, 1.807) is 6.20 Å². The van der Waals surface area contributed by atoms with E-state index >= 15 is 0 Å². The summed E-state index contributed by atoms with van der Waals surface area (Å²) in [5.41, 5.74) is -0.530. The number of H-pyrrole nitrogens is 1. The van der Waals surface area contributed by atoms with Gasteiger partial charge in [0.2, 0.25) is 5.75 Å². The second-order valence-electron chi connectivity index (χ2n) is 3.05. The minimum atomic E-state index is -0.530. The molecule has 0 saturated carbocycles. The van der Waals surface area contributed by atoms with E-state index in [9.17, 15) is 9.90 Å². The third-order valence-corrected chi connectivity index (χ3v) is 2.81. The second-order valence-corrected chi connectivity index (χ2v) is 4.28. The number of nitrogens with zero attached hydrogens (tertiary/aromatic N) is 2. The van der Waals surface area contributed by atoms with Gasteiger partial charge in [0.15, 0.2) is 10.8 Å². The zero-order valence-electron chi connectivity index (χ0n) is 8.64. The minimum Gasteiger partial charge on any atom is -0.490 e. The number of nitrogens with one attached hydrogen (secondary N) is 1. The molecule has 0 spiro atoms. The minimum absolute atomic E-state index is 0.197. The average Bonchev–Trinajstić information content (AvgIpc) is 2.64. The van der Waals surface area contributed by atoms with Gasteiger partial charge in [-0.3, -0.25) is 4.79 Å². The number of hydrogen-bond acceptors (Lipinski definition) is 6. The van der Waals surface area contributed by atoms with Crippen LogP contribution in [-0.4, -0.2) is 27.2 Å². The largest absolute Gasteiger partial charge is 0.490 e. The highest BCUT2D eigenvalue weighted by Gasteiger charge is 2.13. The van der Waals surface area contributed by atoms with E-state index in [1.807, 2.05) is 6.92 Å². The number of aromatic hydroxyl groups is 1. The van der Waals surface area contributed by atoms with Crippen molar-refractivity contribution < 1.29 is 9.84 Å². The summed E-state index contributed by atoms with van der Waals surface area (Å²) in [6.45, 7) is 1.89. The van der Waals surface area contributed by atoms with Crippen LogP contribution >= 0.6 is 11.3 Å². The zero-order valence-corrected chi connectivity index (χ0v) is 9.46. The summed E-state index contributed by atoms with van der Waals surface area (Å²) in [5.74, 6) is -0.396. The van der Waals surface area contributed by atoms with Gasteiger partial charge < -0.3 is 14.8 Å². The first kappa shape index (κ1) is 10.6. The van der Waals surface area contributed by atoms with Crippen LogP contribution in [0.1, 0.15) is 4.88 Å². The van der Waals surface area contributed by atoms with Gasteiger partial charge in [-0.15, -0.1) is 11.3 Å². The molecule has 0 amide bonds. The lowest BCUT2D eigenvalue weighted by Crippen LogP contribution is -2.11. The van der Waals surface area contributed by atoms with Gasteiger partial charge in [-0.25, -0.2) is 4.98 Å². The lowest BCUT2D eigenvalue weighted by Gasteiger charge is -2.02. The van der Waals surface area contributed by atoms with Gasteiger partial charge in [0.25, 0.3) is 11.4 Å². The predicted molar refractivity (Wildman–Crippen MR) is 58.9 cm³/mol. The van der Waals surface area contributed by atoms with Crippen molar-refractivity contribution in [2.75, 3.05) is 7.11 Å². The standard InChI is InChI=1S/C9H9N3O3S/c1-4-3-10-9(16-4)6-11-7(13)5(15-2)8(14)12-6/h3H,1-2H3,(H2,11,12,13,14). The Hall–Kier alpha value is -1.89. The van der Waals surface area contributed by atoms with Gasteiger partial charge in [-0.2, -0.15) is 4.98 Å². The Morgan fingerprint density at radius 2 is 2.31 bits per heavy atom. The second kappa shape index (κ2) is 3.93. The van der Waals surface area contributed by atoms with Crippen LogP contribution in [0.2, 0.25) is 0 Å². The van der Waals surface area contributed by atoms with Crippen LogP contribution in [0.4, 0.5) is 0 Å². The third-order valence-electron chi connectivity index (χ3n) is 1.89. The quantitative estimate of drug-likeness (QED) is 0.813. The number of rotatable bonds is 2. The Morgan fingerprint density at radius 1 is 1.56 bits per heavy atom. The van der Waals surface area contributed by atoms with Crippen molar-refractivity contribution in [1.82, 2.24) is 15.0 Å². The molecule has 7 heteroatoms. The number of aromatic nitrogens is 3. The molecule has 0 aliphatic carbocycles. The molecule has 84 valence electrons. The summed E-state index contributed by atoms with van der Waals surface area (Å²) in [6.07, 6.45) is 1.67. The highest BCUT2D eigenvalue weighted by molar-refractivity contribution is 7.14. The molecular formula is C9H9N3O3S. The molecule has 0 aliphatic rings. The molecule has 2 N–H and O–H groups in total. The van der Waals surface area contributed by atoms with Crippen molar-refractivity contribution in [3.8, 4) is 22.5 Å². The van der Waals surface area contributed by atoms with Crippen molar-refractivity contribution in [3.63, 3.8) is 0 Å². The topological polar surface area (TPSA) is 88.1 Å². The van der Waals surface area contributed by atoms with Gasteiger partial charge in [0.05, 0.1) is 7.11 Å². The van der Waals surface area contributed by atoms with Crippen molar-refractivity contribution in [1.29, 1.82) is 0 Å². The molecule has 0 fully saturated rings. The van der Waals surface area contributed by atoms with Crippen molar-refractivity contribution in [3.05, 3.63) is 21.4 Å². The molecule has 0 aliphatic heterocycles. The zero-order chi connectivity index (χ0) is 11.7. The summed E-state index contributed by atoms with van der Waals surface area (Å²) in [5, 5.41) is 10.0. The van der Waals surface area contributed by atoms with E-state index in [-0.39, 0.29) is 11.6 Å². The maximum absolute atomic E-state index is 11.5. The van der Waals surface area contributed by atoms with Crippen molar-refractivity contribution >= 4 is 11.3 Å². The molecule has 2 heterocycles. The van der Waals surface area contributed by atoms with Gasteiger partial charge in [0.1, 0.15) is 0 Å². The van der Waals surface area contributed by atoms with Gasteiger partial charge in [0, 0.05) is 11.1 Å². The van der Waals surface area contributed by atoms with Crippen molar-refractivity contribution in [2.45, 2.75) is 6.92 Å². The SMILES string of the molecule is COc1c(O)nc(-c2ncc(C)s2)[nH]c1=O. The molecule has 6 nitrogen and oxygen atoms in total. The van der Waals surface area contributed by atoms with Crippen LogP contribution in [0.3, 0.4) is 0 Å². The molecule has 16 heavy (non-hydrogen) atoms. The van der Waals surface area contributed by atoms with E-state index < -0.39 is 11.4 Å². The summed E-state index contributed by atoms with van der Waals surface area (Å²) < 4.78 is 4.70. The van der Waals surface area contributed by atoms with E-state index in [0.717, 1.165) is 4.88 Å². The molecule has 0 radical (unpaired) electrons. The van der Waals surface area contributed by atoms with Gasteiger partial charge in [-0.05, 0) is 6.92 Å². The molecule has 0 saturated heterocycles. The first-order valence-electron chi connectivity index (χ1n) is 4.42. The molecule has 0 bridgehead atoms. The highest BCUT2D eigenvalue weighted by Crippen LogP contribution is 2.24. The smallest absolute Gasteiger partial charge is 0.297 e. The Bertz CT molecular complexity index is 576. The average molecular weight is 239 g/mol.